The summed E-state index contributed by atoms with van der Waals surface area (Å²) >= 11 is 5.37. The summed E-state index contributed by atoms with van der Waals surface area (Å²) in [5, 5.41) is 10.6. The van der Waals surface area contributed by atoms with Crippen LogP contribution >= 0.6 is 11.6 Å². The SMILES string of the molecule is CC(NS(=O)(=O)CCCl)c1cccc([N+](=O)[O-])c1. The van der Waals surface area contributed by atoms with Crippen molar-refractivity contribution in [3.05, 3.63) is 39.9 Å². The van der Waals surface area contributed by atoms with Crippen molar-refractivity contribution < 1.29 is 13.3 Å². The normalized spacial score (nSPS) is 13.2. The Bertz CT molecular complexity index is 532. The Labute approximate surface area is 110 Å². The van der Waals surface area contributed by atoms with Crippen LogP contribution in [0.2, 0.25) is 0 Å². The average Bonchev–Trinajstić information content (AvgIpc) is 2.28. The van der Waals surface area contributed by atoms with Crippen LogP contribution in [0.25, 0.3) is 0 Å². The molecule has 0 spiro atoms. The molecule has 8 heteroatoms. The van der Waals surface area contributed by atoms with E-state index in [-0.39, 0.29) is 17.3 Å². The molecule has 0 saturated heterocycles. The highest BCUT2D eigenvalue weighted by molar-refractivity contribution is 7.89. The molecule has 1 N–H and O–H groups in total. The molecule has 0 aliphatic heterocycles. The van der Waals surface area contributed by atoms with E-state index in [1.807, 2.05) is 0 Å². The number of hydrogen-bond donors (Lipinski definition) is 1. The molecule has 1 atom stereocenters. The molecule has 1 aromatic carbocycles. The maximum absolute atomic E-state index is 11.5. The Kier molecular flexibility index (Phi) is 5.06. The summed E-state index contributed by atoms with van der Waals surface area (Å²) < 4.78 is 25.4. The smallest absolute Gasteiger partial charge is 0.258 e. The van der Waals surface area contributed by atoms with Crippen LogP contribution in [-0.4, -0.2) is 25.0 Å². The largest absolute Gasteiger partial charge is 0.269 e. The van der Waals surface area contributed by atoms with E-state index in [1.54, 1.807) is 13.0 Å². The summed E-state index contributed by atoms with van der Waals surface area (Å²) in [6.45, 7) is 1.62. The summed E-state index contributed by atoms with van der Waals surface area (Å²) in [7, 11) is -3.46. The number of nitrogens with one attached hydrogen (secondary N) is 1. The molecule has 0 saturated carbocycles. The number of rotatable bonds is 6. The predicted octanol–water partition coefficient (Wildman–Crippen LogP) is 1.81. The molecule has 1 unspecified atom stereocenters. The first kappa shape index (κ1) is 14.9. The molecule has 0 aliphatic carbocycles. The van der Waals surface area contributed by atoms with Crippen molar-refractivity contribution in [3.8, 4) is 0 Å². The quantitative estimate of drug-likeness (QED) is 0.492. The Balaban J connectivity index is 2.88. The number of sulfonamides is 1. The van der Waals surface area contributed by atoms with E-state index >= 15 is 0 Å². The van der Waals surface area contributed by atoms with E-state index < -0.39 is 21.0 Å². The summed E-state index contributed by atoms with van der Waals surface area (Å²) in [5.74, 6) is -0.190. The minimum Gasteiger partial charge on any atom is -0.258 e. The van der Waals surface area contributed by atoms with Gasteiger partial charge in [0, 0.05) is 24.1 Å². The number of benzene rings is 1. The van der Waals surface area contributed by atoms with Gasteiger partial charge in [-0.25, -0.2) is 13.1 Å². The van der Waals surface area contributed by atoms with E-state index in [0.29, 0.717) is 5.56 Å². The minimum absolute atomic E-state index is 0.00299. The van der Waals surface area contributed by atoms with Crippen LogP contribution in [0.15, 0.2) is 24.3 Å². The number of nitro benzene ring substituents is 1. The van der Waals surface area contributed by atoms with Crippen molar-refractivity contribution >= 4 is 27.3 Å². The predicted molar refractivity (Wildman–Crippen MR) is 69.2 cm³/mol. The monoisotopic (exact) mass is 292 g/mol. The zero-order valence-electron chi connectivity index (χ0n) is 9.67. The molecule has 18 heavy (non-hydrogen) atoms. The van der Waals surface area contributed by atoms with Gasteiger partial charge in [0.1, 0.15) is 0 Å². The molecule has 0 heterocycles. The van der Waals surface area contributed by atoms with Crippen molar-refractivity contribution in [1.29, 1.82) is 0 Å². The van der Waals surface area contributed by atoms with E-state index in [9.17, 15) is 18.5 Å². The number of non-ortho nitro benzene ring substituents is 1. The standard InChI is InChI=1S/C10H13ClN2O4S/c1-8(12-18(16,17)6-5-11)9-3-2-4-10(7-9)13(14)15/h2-4,7-8,12H,5-6H2,1H3. The minimum atomic E-state index is -3.46. The third-order valence-corrected chi connectivity index (χ3v) is 4.15. The molecule has 0 amide bonds. The van der Waals surface area contributed by atoms with Gasteiger partial charge in [-0.2, -0.15) is 0 Å². The summed E-state index contributed by atoms with van der Waals surface area (Å²) in [4.78, 5) is 10.1. The molecule has 0 bridgehead atoms. The van der Waals surface area contributed by atoms with Gasteiger partial charge < -0.3 is 0 Å². The zero-order valence-corrected chi connectivity index (χ0v) is 11.2. The third kappa shape index (κ3) is 4.25. The van der Waals surface area contributed by atoms with Crippen molar-refractivity contribution in [2.45, 2.75) is 13.0 Å². The summed E-state index contributed by atoms with van der Waals surface area (Å²) in [5.41, 5.74) is 0.457. The fourth-order valence-electron chi connectivity index (χ4n) is 1.41. The first-order valence-electron chi connectivity index (χ1n) is 5.16. The summed E-state index contributed by atoms with van der Waals surface area (Å²) in [6.07, 6.45) is 0. The van der Waals surface area contributed by atoms with E-state index in [2.05, 4.69) is 4.72 Å². The summed E-state index contributed by atoms with van der Waals surface area (Å²) in [6, 6.07) is 5.29. The number of nitrogens with zero attached hydrogens (tertiary/aromatic N) is 1. The molecule has 0 aromatic heterocycles. The van der Waals surface area contributed by atoms with Gasteiger partial charge >= 0.3 is 0 Å². The van der Waals surface area contributed by atoms with Gasteiger partial charge in [-0.3, -0.25) is 10.1 Å². The first-order chi connectivity index (χ1) is 8.35. The van der Waals surface area contributed by atoms with Crippen LogP contribution < -0.4 is 4.72 Å². The topological polar surface area (TPSA) is 89.3 Å². The van der Waals surface area contributed by atoms with Crippen molar-refractivity contribution in [2.75, 3.05) is 11.6 Å². The maximum atomic E-state index is 11.5. The molecule has 1 aromatic rings. The second kappa shape index (κ2) is 6.12. The lowest BCUT2D eigenvalue weighted by Gasteiger charge is -2.13. The number of alkyl halides is 1. The number of hydrogen-bond acceptors (Lipinski definition) is 4. The number of halogens is 1. The molecular weight excluding hydrogens is 280 g/mol. The highest BCUT2D eigenvalue weighted by atomic mass is 35.5. The molecule has 0 aliphatic rings. The molecule has 1 rings (SSSR count). The lowest BCUT2D eigenvalue weighted by atomic mass is 10.1. The Morgan fingerprint density at radius 3 is 2.72 bits per heavy atom. The van der Waals surface area contributed by atoms with Crippen molar-refractivity contribution in [1.82, 2.24) is 4.72 Å². The maximum Gasteiger partial charge on any atom is 0.269 e. The van der Waals surface area contributed by atoms with E-state index in [0.717, 1.165) is 0 Å². The Morgan fingerprint density at radius 2 is 2.17 bits per heavy atom. The Hall–Kier alpha value is -1.18. The van der Waals surface area contributed by atoms with Crippen LogP contribution in [0.4, 0.5) is 5.69 Å². The van der Waals surface area contributed by atoms with Crippen molar-refractivity contribution in [3.63, 3.8) is 0 Å². The van der Waals surface area contributed by atoms with Crippen LogP contribution in [0.1, 0.15) is 18.5 Å². The zero-order chi connectivity index (χ0) is 13.8. The second-order valence-electron chi connectivity index (χ2n) is 3.70. The molecule has 0 radical (unpaired) electrons. The van der Waals surface area contributed by atoms with Gasteiger partial charge in [-0.15, -0.1) is 11.6 Å². The van der Waals surface area contributed by atoms with E-state index in [4.69, 9.17) is 11.6 Å². The molecule has 100 valence electrons. The molecule has 6 nitrogen and oxygen atoms in total. The number of nitro groups is 1. The average molecular weight is 293 g/mol. The Morgan fingerprint density at radius 1 is 1.50 bits per heavy atom. The third-order valence-electron chi connectivity index (χ3n) is 2.28. The van der Waals surface area contributed by atoms with Crippen LogP contribution in [0.3, 0.4) is 0 Å². The van der Waals surface area contributed by atoms with Crippen LogP contribution in [-0.2, 0) is 10.0 Å². The van der Waals surface area contributed by atoms with Crippen LogP contribution in [0.5, 0.6) is 0 Å². The first-order valence-corrected chi connectivity index (χ1v) is 7.35. The second-order valence-corrected chi connectivity index (χ2v) is 5.95. The highest BCUT2D eigenvalue weighted by Gasteiger charge is 2.16. The van der Waals surface area contributed by atoms with Crippen LogP contribution in [0, 0.1) is 10.1 Å². The fourth-order valence-corrected chi connectivity index (χ4v) is 3.01. The van der Waals surface area contributed by atoms with Gasteiger partial charge in [-0.1, -0.05) is 12.1 Å². The van der Waals surface area contributed by atoms with Gasteiger partial charge in [0.25, 0.3) is 5.69 Å². The van der Waals surface area contributed by atoms with Gasteiger partial charge in [0.05, 0.1) is 10.7 Å². The highest BCUT2D eigenvalue weighted by Crippen LogP contribution is 2.19. The van der Waals surface area contributed by atoms with Gasteiger partial charge in [0.2, 0.25) is 10.0 Å². The van der Waals surface area contributed by atoms with Crippen molar-refractivity contribution in [2.24, 2.45) is 0 Å². The molecular formula is C10H13ClN2O4S. The lowest BCUT2D eigenvalue weighted by molar-refractivity contribution is -0.384. The van der Waals surface area contributed by atoms with Gasteiger partial charge in [-0.05, 0) is 12.5 Å². The lowest BCUT2D eigenvalue weighted by Crippen LogP contribution is -2.29. The molecule has 0 fully saturated rings. The van der Waals surface area contributed by atoms with Gasteiger partial charge in [0.15, 0.2) is 0 Å². The fraction of sp³-hybridized carbons (Fsp3) is 0.400. The van der Waals surface area contributed by atoms with E-state index in [1.165, 1.54) is 18.2 Å².